The normalized spacial score (nSPS) is 15.5. The van der Waals surface area contributed by atoms with Crippen LogP contribution in [-0.2, 0) is 11.2 Å². The molecule has 1 amide bonds. The maximum Gasteiger partial charge on any atom is 0.220 e. The van der Waals surface area contributed by atoms with Crippen LogP contribution in [0.5, 0.6) is 0 Å². The molecule has 1 saturated carbocycles. The Morgan fingerprint density at radius 1 is 1.22 bits per heavy atom. The second-order valence-electron chi connectivity index (χ2n) is 6.03. The van der Waals surface area contributed by atoms with Gasteiger partial charge >= 0.3 is 0 Å². The number of hydrogen-bond donors (Lipinski definition) is 1. The number of rotatable bonds is 5. The average Bonchev–Trinajstić information content (AvgIpc) is 3.04. The van der Waals surface area contributed by atoms with Crippen molar-refractivity contribution in [1.29, 1.82) is 0 Å². The van der Waals surface area contributed by atoms with Crippen LogP contribution >= 0.6 is 11.6 Å². The zero-order chi connectivity index (χ0) is 16.1. The van der Waals surface area contributed by atoms with Crippen LogP contribution in [0.1, 0.15) is 44.4 Å². The minimum absolute atomic E-state index is 0.0862. The van der Waals surface area contributed by atoms with Crippen molar-refractivity contribution in [2.45, 2.75) is 51.0 Å². The van der Waals surface area contributed by atoms with Gasteiger partial charge in [0.2, 0.25) is 5.91 Å². The van der Waals surface area contributed by atoms with Crippen LogP contribution in [0.2, 0.25) is 5.02 Å². The van der Waals surface area contributed by atoms with Gasteiger partial charge in [-0.15, -0.1) is 0 Å². The van der Waals surface area contributed by atoms with E-state index in [-0.39, 0.29) is 5.91 Å². The SMILES string of the molecule is O=C(CCc1ncc(-c2ccc(Cl)cc2)o1)NC1CCCCC1. The maximum absolute atomic E-state index is 12.0. The van der Waals surface area contributed by atoms with E-state index in [1.54, 1.807) is 6.20 Å². The number of halogens is 1. The first-order valence-electron chi connectivity index (χ1n) is 8.21. The van der Waals surface area contributed by atoms with Crippen molar-refractivity contribution < 1.29 is 9.21 Å². The van der Waals surface area contributed by atoms with Crippen molar-refractivity contribution in [2.75, 3.05) is 0 Å². The van der Waals surface area contributed by atoms with E-state index in [1.807, 2.05) is 24.3 Å². The quantitative estimate of drug-likeness (QED) is 0.884. The smallest absolute Gasteiger partial charge is 0.220 e. The molecule has 1 N–H and O–H groups in total. The van der Waals surface area contributed by atoms with Crippen molar-refractivity contribution >= 4 is 17.5 Å². The number of carbonyl (C=O) groups excluding carboxylic acids is 1. The summed E-state index contributed by atoms with van der Waals surface area (Å²) in [6, 6.07) is 7.77. The van der Waals surface area contributed by atoms with Gasteiger partial charge in [-0.1, -0.05) is 30.9 Å². The molecule has 2 aromatic rings. The molecule has 1 fully saturated rings. The zero-order valence-corrected chi connectivity index (χ0v) is 13.8. The predicted molar refractivity (Wildman–Crippen MR) is 90.3 cm³/mol. The first-order chi connectivity index (χ1) is 11.2. The molecule has 0 bridgehead atoms. The highest BCUT2D eigenvalue weighted by atomic mass is 35.5. The Hall–Kier alpha value is -1.81. The third-order valence-electron chi connectivity index (χ3n) is 4.22. The van der Waals surface area contributed by atoms with Gasteiger partial charge in [0.15, 0.2) is 11.7 Å². The van der Waals surface area contributed by atoms with Gasteiger partial charge in [-0.2, -0.15) is 0 Å². The lowest BCUT2D eigenvalue weighted by Crippen LogP contribution is -2.36. The summed E-state index contributed by atoms with van der Waals surface area (Å²) in [5.74, 6) is 1.38. The summed E-state index contributed by atoms with van der Waals surface area (Å²) >= 11 is 5.88. The highest BCUT2D eigenvalue weighted by Crippen LogP contribution is 2.23. The number of oxazole rings is 1. The van der Waals surface area contributed by atoms with Crippen LogP contribution in [0.15, 0.2) is 34.9 Å². The Morgan fingerprint density at radius 2 is 1.96 bits per heavy atom. The van der Waals surface area contributed by atoms with Gasteiger partial charge in [-0.25, -0.2) is 4.98 Å². The van der Waals surface area contributed by atoms with Crippen LogP contribution in [0.25, 0.3) is 11.3 Å². The molecule has 122 valence electrons. The standard InChI is InChI=1S/C18H21ClN2O2/c19-14-8-6-13(7-9-14)16-12-20-18(23-16)11-10-17(22)21-15-4-2-1-3-5-15/h6-9,12,15H,1-5,10-11H2,(H,21,22). The molecular weight excluding hydrogens is 312 g/mol. The Morgan fingerprint density at radius 3 is 2.70 bits per heavy atom. The molecule has 0 spiro atoms. The molecule has 23 heavy (non-hydrogen) atoms. The number of benzene rings is 1. The van der Waals surface area contributed by atoms with Gasteiger partial charge in [-0.3, -0.25) is 4.79 Å². The van der Waals surface area contributed by atoms with E-state index >= 15 is 0 Å². The summed E-state index contributed by atoms with van der Waals surface area (Å²) in [6.45, 7) is 0. The van der Waals surface area contributed by atoms with Crippen molar-refractivity contribution in [2.24, 2.45) is 0 Å². The van der Waals surface area contributed by atoms with Gasteiger partial charge in [0, 0.05) is 29.5 Å². The van der Waals surface area contributed by atoms with Gasteiger partial charge in [-0.05, 0) is 37.1 Å². The molecule has 3 rings (SSSR count). The Bertz CT molecular complexity index is 645. The number of aromatic nitrogens is 1. The van der Waals surface area contributed by atoms with Crippen LogP contribution in [-0.4, -0.2) is 16.9 Å². The molecule has 0 saturated heterocycles. The molecular formula is C18H21ClN2O2. The molecule has 0 unspecified atom stereocenters. The first-order valence-corrected chi connectivity index (χ1v) is 8.58. The summed E-state index contributed by atoms with van der Waals surface area (Å²) < 4.78 is 5.72. The van der Waals surface area contributed by atoms with Crippen molar-refractivity contribution in [3.05, 3.63) is 41.4 Å². The molecule has 5 heteroatoms. The van der Waals surface area contributed by atoms with Gasteiger partial charge in [0.25, 0.3) is 0 Å². The lowest BCUT2D eigenvalue weighted by Gasteiger charge is -2.22. The fourth-order valence-corrected chi connectivity index (χ4v) is 3.07. The van der Waals surface area contributed by atoms with Crippen LogP contribution in [0.4, 0.5) is 0 Å². The fraction of sp³-hybridized carbons (Fsp3) is 0.444. The van der Waals surface area contributed by atoms with Gasteiger partial charge in [0.1, 0.15) is 0 Å². The minimum atomic E-state index is 0.0862. The van der Waals surface area contributed by atoms with Crippen molar-refractivity contribution in [1.82, 2.24) is 10.3 Å². The lowest BCUT2D eigenvalue weighted by atomic mass is 9.95. The minimum Gasteiger partial charge on any atom is -0.441 e. The summed E-state index contributed by atoms with van der Waals surface area (Å²) in [5, 5.41) is 3.80. The predicted octanol–water partition coefficient (Wildman–Crippen LogP) is 4.38. The number of hydrogen-bond acceptors (Lipinski definition) is 3. The van der Waals surface area contributed by atoms with E-state index in [1.165, 1.54) is 19.3 Å². The summed E-state index contributed by atoms with van der Waals surface area (Å²) in [4.78, 5) is 16.3. The van der Waals surface area contributed by atoms with E-state index in [0.29, 0.717) is 35.6 Å². The van der Waals surface area contributed by atoms with E-state index in [4.69, 9.17) is 16.0 Å². The number of aryl methyl sites for hydroxylation is 1. The van der Waals surface area contributed by atoms with Gasteiger partial charge in [0.05, 0.1) is 6.20 Å². The fourth-order valence-electron chi connectivity index (χ4n) is 2.94. The number of amides is 1. The number of nitrogens with zero attached hydrogens (tertiary/aromatic N) is 1. The summed E-state index contributed by atoms with van der Waals surface area (Å²) in [6.07, 6.45) is 8.55. The molecule has 1 aromatic carbocycles. The third kappa shape index (κ3) is 4.58. The zero-order valence-electron chi connectivity index (χ0n) is 13.1. The lowest BCUT2D eigenvalue weighted by molar-refractivity contribution is -0.122. The van der Waals surface area contributed by atoms with Crippen LogP contribution < -0.4 is 5.32 Å². The summed E-state index contributed by atoms with van der Waals surface area (Å²) in [5.41, 5.74) is 0.930. The summed E-state index contributed by atoms with van der Waals surface area (Å²) in [7, 11) is 0. The third-order valence-corrected chi connectivity index (χ3v) is 4.47. The van der Waals surface area contributed by atoms with Gasteiger partial charge < -0.3 is 9.73 Å². The van der Waals surface area contributed by atoms with Crippen molar-refractivity contribution in [3.63, 3.8) is 0 Å². The largest absolute Gasteiger partial charge is 0.441 e. The Labute approximate surface area is 141 Å². The molecule has 1 heterocycles. The van der Waals surface area contributed by atoms with E-state index < -0.39 is 0 Å². The van der Waals surface area contributed by atoms with E-state index in [2.05, 4.69) is 10.3 Å². The van der Waals surface area contributed by atoms with E-state index in [0.717, 1.165) is 18.4 Å². The number of carbonyl (C=O) groups is 1. The molecule has 4 nitrogen and oxygen atoms in total. The topological polar surface area (TPSA) is 55.1 Å². The second-order valence-corrected chi connectivity index (χ2v) is 6.46. The molecule has 1 aliphatic rings. The molecule has 1 aliphatic carbocycles. The Balaban J connectivity index is 1.50. The van der Waals surface area contributed by atoms with E-state index in [9.17, 15) is 4.79 Å². The highest BCUT2D eigenvalue weighted by Gasteiger charge is 2.16. The second kappa shape index (κ2) is 7.64. The highest BCUT2D eigenvalue weighted by molar-refractivity contribution is 6.30. The Kier molecular flexibility index (Phi) is 5.34. The molecule has 0 atom stereocenters. The number of nitrogens with one attached hydrogen (secondary N) is 1. The van der Waals surface area contributed by atoms with Crippen molar-refractivity contribution in [3.8, 4) is 11.3 Å². The molecule has 1 aromatic heterocycles. The maximum atomic E-state index is 12.0. The molecule has 0 aliphatic heterocycles. The molecule has 0 radical (unpaired) electrons. The average molecular weight is 333 g/mol. The van der Waals surface area contributed by atoms with Crippen LogP contribution in [0.3, 0.4) is 0 Å². The first kappa shape index (κ1) is 16.1. The monoisotopic (exact) mass is 332 g/mol. The van der Waals surface area contributed by atoms with Crippen LogP contribution in [0, 0.1) is 0 Å².